The summed E-state index contributed by atoms with van der Waals surface area (Å²) in [7, 11) is 1.50. The maximum absolute atomic E-state index is 12.9. The van der Waals surface area contributed by atoms with Gasteiger partial charge in [-0.15, -0.1) is 0 Å². The van der Waals surface area contributed by atoms with E-state index in [9.17, 15) is 4.79 Å². The van der Waals surface area contributed by atoms with Gasteiger partial charge >= 0.3 is 5.97 Å². The predicted octanol–water partition coefficient (Wildman–Crippen LogP) is 4.73. The molecule has 2 aliphatic carbocycles. The van der Waals surface area contributed by atoms with E-state index in [1.54, 1.807) is 5.57 Å². The van der Waals surface area contributed by atoms with Crippen LogP contribution in [0.25, 0.3) is 10.9 Å². The van der Waals surface area contributed by atoms with Gasteiger partial charge in [-0.3, -0.25) is 9.69 Å². The van der Waals surface area contributed by atoms with E-state index in [1.807, 2.05) is 6.07 Å². The number of H-pyrrole nitrogens is 1. The Morgan fingerprint density at radius 2 is 2.07 bits per heavy atom. The van der Waals surface area contributed by atoms with E-state index >= 15 is 0 Å². The zero-order valence-electron chi connectivity index (χ0n) is 17.6. The zero-order valence-corrected chi connectivity index (χ0v) is 17.6. The molecule has 152 valence electrons. The van der Waals surface area contributed by atoms with Crippen LogP contribution < -0.4 is 0 Å². The number of carbonyl (C=O) groups excluding carboxylic acids is 1. The molecule has 0 bridgehead atoms. The first kappa shape index (κ1) is 18.7. The summed E-state index contributed by atoms with van der Waals surface area (Å²) in [6, 6.07) is 8.74. The van der Waals surface area contributed by atoms with E-state index in [-0.39, 0.29) is 17.3 Å². The lowest BCUT2D eigenvalue weighted by Crippen LogP contribution is -2.50. The van der Waals surface area contributed by atoms with E-state index < -0.39 is 0 Å². The number of rotatable bonds is 2. The molecule has 0 saturated carbocycles. The molecule has 2 atom stereocenters. The Morgan fingerprint density at radius 1 is 1.24 bits per heavy atom. The molecule has 1 unspecified atom stereocenters. The normalized spacial score (nSPS) is 26.3. The molecule has 0 radical (unpaired) electrons. The average Bonchev–Trinajstić information content (AvgIpc) is 3.27. The first-order valence-corrected chi connectivity index (χ1v) is 10.8. The molecule has 0 saturated heterocycles. The van der Waals surface area contributed by atoms with Crippen molar-refractivity contribution in [2.75, 3.05) is 20.2 Å². The number of benzene rings is 1. The maximum Gasteiger partial charge on any atom is 0.315 e. The molecule has 5 rings (SSSR count). The van der Waals surface area contributed by atoms with Crippen LogP contribution in [0.1, 0.15) is 50.3 Å². The predicted molar refractivity (Wildman–Crippen MR) is 116 cm³/mol. The molecule has 1 aromatic carbocycles. The first-order chi connectivity index (χ1) is 14.0. The second kappa shape index (κ2) is 6.88. The monoisotopic (exact) mass is 390 g/mol. The van der Waals surface area contributed by atoms with E-state index in [2.05, 4.69) is 54.1 Å². The molecule has 3 aliphatic rings. The standard InChI is InChI=1S/C25H30N2O2/c1-25(2)13-11-16-7-6-9-17(16)23(25)27-14-12-19-18-8-4-5-10-21(18)26-22(19)20(15-27)24(28)29-3/h4-6,8-10,20,23,26H,7,11-15H2,1-3H3/t20?,23-/m1/s1. The van der Waals surface area contributed by atoms with Crippen molar-refractivity contribution in [2.24, 2.45) is 5.41 Å². The molecule has 4 nitrogen and oxygen atoms in total. The van der Waals surface area contributed by atoms with Gasteiger partial charge in [-0.25, -0.2) is 0 Å². The molecule has 1 aromatic heterocycles. The number of esters is 1. The first-order valence-electron chi connectivity index (χ1n) is 10.8. The molecular formula is C25H30N2O2. The van der Waals surface area contributed by atoms with Gasteiger partial charge in [0.15, 0.2) is 0 Å². The number of nitrogens with one attached hydrogen (secondary N) is 1. The van der Waals surface area contributed by atoms with Crippen LogP contribution >= 0.6 is 0 Å². The number of carbonyl (C=O) groups is 1. The van der Waals surface area contributed by atoms with Crippen LogP contribution in [0.5, 0.6) is 0 Å². The number of fused-ring (bicyclic) bond motifs is 3. The minimum Gasteiger partial charge on any atom is -0.468 e. The summed E-state index contributed by atoms with van der Waals surface area (Å²) in [5, 5.41) is 1.24. The molecular weight excluding hydrogens is 360 g/mol. The summed E-state index contributed by atoms with van der Waals surface area (Å²) in [6.45, 7) is 6.44. The number of allylic oxidation sites excluding steroid dienone is 2. The Bertz CT molecular complexity index is 1030. The molecule has 1 N–H and O–H groups in total. The van der Waals surface area contributed by atoms with Gasteiger partial charge < -0.3 is 9.72 Å². The Hall–Kier alpha value is -2.33. The average molecular weight is 391 g/mol. The number of para-hydroxylation sites is 1. The SMILES string of the molecule is COC(=O)C1CN([C@@H]2C3=C(CC=C3)CCC2(C)C)CCc2c1[nH]c1ccccc21. The highest BCUT2D eigenvalue weighted by atomic mass is 16.5. The van der Waals surface area contributed by atoms with E-state index in [1.165, 1.54) is 36.5 Å². The van der Waals surface area contributed by atoms with Gasteiger partial charge in [-0.05, 0) is 48.3 Å². The van der Waals surface area contributed by atoms with Crippen molar-refractivity contribution < 1.29 is 9.53 Å². The summed E-state index contributed by atoms with van der Waals surface area (Å²) >= 11 is 0. The Balaban J connectivity index is 1.58. The smallest absolute Gasteiger partial charge is 0.315 e. The highest BCUT2D eigenvalue weighted by Crippen LogP contribution is 2.46. The van der Waals surface area contributed by atoms with Gasteiger partial charge in [0.05, 0.1) is 7.11 Å². The van der Waals surface area contributed by atoms with Gasteiger partial charge in [0.1, 0.15) is 5.92 Å². The molecule has 0 fully saturated rings. The van der Waals surface area contributed by atoms with Crippen molar-refractivity contribution in [1.82, 2.24) is 9.88 Å². The summed E-state index contributed by atoms with van der Waals surface area (Å²) in [4.78, 5) is 19.0. The van der Waals surface area contributed by atoms with Gasteiger partial charge in [-0.1, -0.05) is 49.8 Å². The summed E-state index contributed by atoms with van der Waals surface area (Å²) < 4.78 is 5.26. The zero-order chi connectivity index (χ0) is 20.2. The van der Waals surface area contributed by atoms with Crippen molar-refractivity contribution in [3.63, 3.8) is 0 Å². The van der Waals surface area contributed by atoms with Crippen molar-refractivity contribution in [2.45, 2.75) is 51.5 Å². The van der Waals surface area contributed by atoms with Crippen molar-refractivity contribution in [1.29, 1.82) is 0 Å². The second-order valence-corrected chi connectivity index (χ2v) is 9.44. The van der Waals surface area contributed by atoms with Crippen LogP contribution in [0, 0.1) is 5.41 Å². The van der Waals surface area contributed by atoms with Crippen molar-refractivity contribution in [3.8, 4) is 0 Å². The van der Waals surface area contributed by atoms with Crippen LogP contribution in [-0.4, -0.2) is 42.1 Å². The fraction of sp³-hybridized carbons (Fsp3) is 0.480. The minimum absolute atomic E-state index is 0.144. The Kier molecular flexibility index (Phi) is 4.43. The van der Waals surface area contributed by atoms with Gasteiger partial charge in [0, 0.05) is 35.7 Å². The summed E-state index contributed by atoms with van der Waals surface area (Å²) in [5.74, 6) is -0.424. The fourth-order valence-corrected chi connectivity index (χ4v) is 5.85. The number of ether oxygens (including phenoxy) is 1. The third kappa shape index (κ3) is 2.96. The van der Waals surface area contributed by atoms with Gasteiger partial charge in [0.25, 0.3) is 0 Å². The lowest BCUT2D eigenvalue weighted by molar-refractivity contribution is -0.143. The molecule has 29 heavy (non-hydrogen) atoms. The quantitative estimate of drug-likeness (QED) is 0.754. The molecule has 0 spiro atoms. The fourth-order valence-electron chi connectivity index (χ4n) is 5.85. The lowest BCUT2D eigenvalue weighted by Gasteiger charge is -2.46. The van der Waals surface area contributed by atoms with Crippen LogP contribution in [-0.2, 0) is 16.0 Å². The highest BCUT2D eigenvalue weighted by Gasteiger charge is 2.43. The molecule has 0 amide bonds. The van der Waals surface area contributed by atoms with Gasteiger partial charge in [-0.2, -0.15) is 0 Å². The Morgan fingerprint density at radius 3 is 2.90 bits per heavy atom. The number of hydrogen-bond donors (Lipinski definition) is 1. The van der Waals surface area contributed by atoms with Crippen LogP contribution in [0.3, 0.4) is 0 Å². The number of nitrogens with zero attached hydrogens (tertiary/aromatic N) is 1. The number of aromatic amines is 1. The van der Waals surface area contributed by atoms with Gasteiger partial charge in [0.2, 0.25) is 0 Å². The lowest BCUT2D eigenvalue weighted by atomic mass is 9.70. The van der Waals surface area contributed by atoms with E-state index in [0.29, 0.717) is 12.6 Å². The molecule has 1 aliphatic heterocycles. The minimum atomic E-state index is -0.281. The van der Waals surface area contributed by atoms with E-state index in [4.69, 9.17) is 4.74 Å². The second-order valence-electron chi connectivity index (χ2n) is 9.44. The molecule has 2 aromatic rings. The number of aromatic nitrogens is 1. The largest absolute Gasteiger partial charge is 0.468 e. The topological polar surface area (TPSA) is 45.3 Å². The Labute approximate surface area is 172 Å². The summed E-state index contributed by atoms with van der Waals surface area (Å²) in [6.07, 6.45) is 9.10. The molecule has 2 heterocycles. The molecule has 4 heteroatoms. The van der Waals surface area contributed by atoms with Crippen LogP contribution in [0.4, 0.5) is 0 Å². The van der Waals surface area contributed by atoms with E-state index in [0.717, 1.165) is 30.6 Å². The summed E-state index contributed by atoms with van der Waals surface area (Å²) in [5.41, 5.74) is 6.72. The number of hydrogen-bond acceptors (Lipinski definition) is 3. The third-order valence-corrected chi connectivity index (χ3v) is 7.29. The number of methoxy groups -OCH3 is 1. The third-order valence-electron chi connectivity index (χ3n) is 7.29. The van der Waals surface area contributed by atoms with Crippen LogP contribution in [0.15, 0.2) is 47.6 Å². The maximum atomic E-state index is 12.9. The van der Waals surface area contributed by atoms with Crippen molar-refractivity contribution in [3.05, 3.63) is 58.8 Å². The van der Waals surface area contributed by atoms with Crippen molar-refractivity contribution >= 4 is 16.9 Å². The highest BCUT2D eigenvalue weighted by molar-refractivity contribution is 5.88. The van der Waals surface area contributed by atoms with Crippen LogP contribution in [0.2, 0.25) is 0 Å².